The predicted molar refractivity (Wildman–Crippen MR) is 280 cm³/mol. The molecule has 0 spiro atoms. The first-order chi connectivity index (χ1) is 35.5. The number of guanidine groups is 2. The van der Waals surface area contributed by atoms with Crippen molar-refractivity contribution in [2.75, 3.05) is 44.1 Å². The first-order valence-corrected chi connectivity index (χ1v) is 27.8. The molecule has 5 aromatic heterocycles. The first-order valence-electron chi connectivity index (χ1n) is 23.0. The van der Waals surface area contributed by atoms with Crippen molar-refractivity contribution in [1.29, 1.82) is 0 Å². The molecule has 0 bridgehead atoms. The summed E-state index contributed by atoms with van der Waals surface area (Å²) < 4.78 is 119. The summed E-state index contributed by atoms with van der Waals surface area (Å²) in [5, 5.41) is 12.8. The Morgan fingerprint density at radius 3 is 1.49 bits per heavy atom. The lowest BCUT2D eigenvalue weighted by molar-refractivity contribution is 0.0976. The number of aromatic hydroxyl groups is 1. The lowest BCUT2D eigenvalue weighted by atomic mass is 9.98. The summed E-state index contributed by atoms with van der Waals surface area (Å²) in [5.41, 5.74) is 15.3. The second kappa shape index (κ2) is 21.3. The predicted octanol–water partition coefficient (Wildman–Crippen LogP) is 2.68. The number of pyridine rings is 5. The summed E-state index contributed by atoms with van der Waals surface area (Å²) in [6.07, 6.45) is 2.68. The van der Waals surface area contributed by atoms with Crippen molar-refractivity contribution in [3.05, 3.63) is 147 Å². The molecule has 5 aromatic rings. The van der Waals surface area contributed by atoms with Crippen LogP contribution in [0.4, 0.5) is 19.0 Å². The number of rotatable bonds is 9. The highest BCUT2D eigenvalue weighted by molar-refractivity contribution is 7.90. The number of anilines is 1. The number of carbonyl (C=O) groups is 2. The normalized spacial score (nSPS) is 22.2. The minimum atomic E-state index is -3.81. The number of nitrogens with two attached hydrogens (primary N) is 3. The molecule has 1 fully saturated rings. The highest BCUT2D eigenvalue weighted by Crippen LogP contribution is 2.35. The average molecular weight is 1130 g/mol. The summed E-state index contributed by atoms with van der Waals surface area (Å²) in [4.78, 5) is 53.8. The van der Waals surface area contributed by atoms with E-state index in [9.17, 15) is 53.1 Å². The van der Waals surface area contributed by atoms with Gasteiger partial charge in [0, 0.05) is 44.9 Å². The number of nitrogens with one attached hydrogen (secondary N) is 1. The third-order valence-electron chi connectivity index (χ3n) is 12.5. The van der Waals surface area contributed by atoms with Gasteiger partial charge in [-0.3, -0.25) is 28.8 Å². The van der Waals surface area contributed by atoms with Crippen LogP contribution in [0.2, 0.25) is 0 Å². The summed E-state index contributed by atoms with van der Waals surface area (Å²) >= 11 is 0. The van der Waals surface area contributed by atoms with Crippen molar-refractivity contribution in [3.8, 4) is 5.75 Å². The molecule has 0 unspecified atom stereocenters. The number of Topliss-reactive ketones (excluding diaryl/α,β-unsaturated/α-hetero) is 2. The van der Waals surface area contributed by atoms with Crippen LogP contribution in [-0.4, -0.2) is 130 Å². The molecule has 8 N–H and O–H groups in total. The molecule has 3 aliphatic rings. The van der Waals surface area contributed by atoms with Gasteiger partial charge in [0.1, 0.15) is 85.9 Å². The van der Waals surface area contributed by atoms with Crippen molar-refractivity contribution in [1.82, 2.24) is 43.2 Å². The average Bonchev–Trinajstić information content (AvgIpc) is 3.32. The van der Waals surface area contributed by atoms with E-state index in [-0.39, 0.29) is 82.2 Å². The topological polar surface area (TPSA) is 346 Å². The highest BCUT2D eigenvalue weighted by Gasteiger charge is 2.46. The van der Waals surface area contributed by atoms with Crippen LogP contribution in [0.15, 0.2) is 83.3 Å². The van der Waals surface area contributed by atoms with Crippen LogP contribution in [0, 0.1) is 38.2 Å². The van der Waals surface area contributed by atoms with Crippen LogP contribution in [0.1, 0.15) is 86.9 Å². The minimum absolute atomic E-state index is 0.0367. The van der Waals surface area contributed by atoms with Gasteiger partial charge in [-0.05, 0) is 101 Å². The number of hydrogen-bond donors (Lipinski definition) is 5. The molecule has 0 aromatic carbocycles. The SMILES string of the molecule is C=C1N[C@](C)(c2nc(N)ccc2F)CS(=O)(=O)N1C.Cc1cnc(C(=O)Cc2ccc(F)c([C@]3(C)CS(=O)(=O)N(C)C(N)=N3)n2)c(C)c1.Cc1cnc(C(=O)Cc2ccc(F)c([C@]3(C)CS(=O)(=O)N(C)C(N)=N3)n2)c(O)c1. The van der Waals surface area contributed by atoms with Crippen LogP contribution in [0.3, 0.4) is 0 Å². The Morgan fingerprint density at radius 2 is 1.05 bits per heavy atom. The lowest BCUT2D eigenvalue weighted by Crippen LogP contribution is -2.56. The van der Waals surface area contributed by atoms with E-state index in [4.69, 9.17) is 17.2 Å². The number of ketones is 2. The Kier molecular flexibility index (Phi) is 16.2. The maximum absolute atomic E-state index is 14.6. The largest absolute Gasteiger partial charge is 0.506 e. The van der Waals surface area contributed by atoms with Gasteiger partial charge in [0.05, 0.1) is 24.1 Å². The lowest BCUT2D eigenvalue weighted by Gasteiger charge is -2.40. The number of halogens is 3. The Hall–Kier alpha value is -7.79. The zero-order valence-corrected chi connectivity index (χ0v) is 45.7. The molecule has 77 heavy (non-hydrogen) atoms. The molecular weight excluding hydrogens is 1070 g/mol. The van der Waals surface area contributed by atoms with Gasteiger partial charge in [0.2, 0.25) is 42.0 Å². The van der Waals surface area contributed by atoms with Gasteiger partial charge in [0.15, 0.2) is 11.6 Å². The number of nitrogen functional groups attached to an aromatic ring is 1. The van der Waals surface area contributed by atoms with Crippen molar-refractivity contribution in [2.45, 2.75) is 71.0 Å². The summed E-state index contributed by atoms with van der Waals surface area (Å²) in [5.74, 6) is -4.73. The van der Waals surface area contributed by atoms with E-state index in [1.54, 1.807) is 27.0 Å². The number of aromatic nitrogens is 5. The van der Waals surface area contributed by atoms with Crippen molar-refractivity contribution >= 4 is 59.4 Å². The maximum atomic E-state index is 14.6. The van der Waals surface area contributed by atoms with Gasteiger partial charge in [0.25, 0.3) is 0 Å². The molecule has 412 valence electrons. The number of carbonyl (C=O) groups excluding carboxylic acids is 2. The van der Waals surface area contributed by atoms with Crippen LogP contribution < -0.4 is 22.5 Å². The van der Waals surface area contributed by atoms with E-state index < -0.39 is 81.4 Å². The molecule has 8 heterocycles. The number of nitrogens with zero attached hydrogens (tertiary/aromatic N) is 10. The third kappa shape index (κ3) is 12.6. The molecule has 0 amide bonds. The summed E-state index contributed by atoms with van der Waals surface area (Å²) in [6.45, 7) is 13.4. The fourth-order valence-electron chi connectivity index (χ4n) is 8.37. The smallest absolute Gasteiger partial charge is 0.239 e. The van der Waals surface area contributed by atoms with E-state index in [1.807, 2.05) is 13.0 Å². The van der Waals surface area contributed by atoms with Gasteiger partial charge in [-0.2, -0.15) is 0 Å². The Labute approximate surface area is 443 Å². The van der Waals surface area contributed by atoms with Crippen LogP contribution in [0.5, 0.6) is 5.75 Å². The zero-order valence-electron chi connectivity index (χ0n) is 43.3. The monoisotopic (exact) mass is 1130 g/mol. The molecule has 0 radical (unpaired) electrons. The number of hydrogen-bond acceptors (Lipinski definition) is 20. The van der Waals surface area contributed by atoms with E-state index >= 15 is 0 Å². The molecule has 1 saturated heterocycles. The van der Waals surface area contributed by atoms with E-state index in [2.05, 4.69) is 46.8 Å². The van der Waals surface area contributed by atoms with Crippen molar-refractivity contribution in [3.63, 3.8) is 0 Å². The maximum Gasteiger partial charge on any atom is 0.239 e. The van der Waals surface area contributed by atoms with Gasteiger partial charge in [-0.25, -0.2) is 67.0 Å². The number of aryl methyl sites for hydroxylation is 3. The molecule has 3 aliphatic heterocycles. The van der Waals surface area contributed by atoms with Crippen LogP contribution in [0.25, 0.3) is 0 Å². The summed E-state index contributed by atoms with van der Waals surface area (Å²) in [6, 6.07) is 10.7. The molecular formula is C48H57F3N14O9S3. The third-order valence-corrected chi connectivity index (χ3v) is 18.4. The van der Waals surface area contributed by atoms with Crippen LogP contribution >= 0.6 is 0 Å². The Morgan fingerprint density at radius 1 is 0.636 bits per heavy atom. The van der Waals surface area contributed by atoms with Crippen molar-refractivity contribution < 1.29 is 53.1 Å². The fourth-order valence-corrected chi connectivity index (χ4v) is 12.7. The molecule has 23 nitrogen and oxygen atoms in total. The van der Waals surface area contributed by atoms with E-state index in [1.165, 1.54) is 65.5 Å². The zero-order chi connectivity index (χ0) is 57.5. The van der Waals surface area contributed by atoms with Gasteiger partial charge in [-0.15, -0.1) is 0 Å². The van der Waals surface area contributed by atoms with E-state index in [0.29, 0.717) is 17.0 Å². The Bertz CT molecular complexity index is 3470. The van der Waals surface area contributed by atoms with Crippen LogP contribution in [-0.2, 0) is 59.5 Å². The number of sulfonamides is 3. The number of aliphatic imine (C=N–C) groups is 2. The quantitative estimate of drug-likeness (QED) is 0.132. The molecule has 0 saturated carbocycles. The highest BCUT2D eigenvalue weighted by atomic mass is 32.2. The Balaban J connectivity index is 0.000000192. The molecule has 0 aliphatic carbocycles. The second-order valence-electron chi connectivity index (χ2n) is 19.2. The molecule has 3 atom stereocenters. The second-order valence-corrected chi connectivity index (χ2v) is 25.2. The molecule has 29 heteroatoms. The van der Waals surface area contributed by atoms with Gasteiger partial charge < -0.3 is 27.6 Å². The first kappa shape index (κ1) is 58.5. The van der Waals surface area contributed by atoms with Crippen molar-refractivity contribution in [2.24, 2.45) is 21.5 Å². The fraction of sp³-hybridized carbons (Fsp3) is 0.354. The van der Waals surface area contributed by atoms with Gasteiger partial charge >= 0.3 is 0 Å². The van der Waals surface area contributed by atoms with Gasteiger partial charge in [-0.1, -0.05) is 12.6 Å². The van der Waals surface area contributed by atoms with E-state index in [0.717, 1.165) is 42.2 Å². The summed E-state index contributed by atoms with van der Waals surface area (Å²) in [7, 11) is -7.24. The molecule has 8 rings (SSSR count). The standard InChI is InChI=1S/C19H22FN5O3S.C18H20FN5O4S.C11H15FN4O2S/c1-11-7-12(2)16(22-9-11)15(26)8-13-5-6-14(20)17(23-13)19(3)10-29(27,28)25(4)18(21)24-19;1-10-6-13(25)15(21-8-10)14(26)7-11-4-5-12(19)16(22-11)18(2)9-29(27,28)24(3)17(20)23-18;1-7-15-11(2,6-19(17,18)16(7)3)10-8(12)4-5-9(13)14-10/h5-7,9H,8,10H2,1-4H3,(H2,21,24);4-6,8,25H,7,9H2,1-3H3,(H2,20,23);4-5,15H,1,6H2,2-3H3,(H2,13,14)/t19-;18-;11-/m000/s1. The minimum Gasteiger partial charge on any atom is -0.506 e.